The minimum Gasteiger partial charge on any atom is -0.313 e. The van der Waals surface area contributed by atoms with Crippen LogP contribution < -0.4 is 21.3 Å². The Kier molecular flexibility index (Phi) is 5.67. The number of rotatable bonds is 3. The van der Waals surface area contributed by atoms with Gasteiger partial charge in [0, 0.05) is 25.3 Å². The predicted molar refractivity (Wildman–Crippen MR) is 95.7 cm³/mol. The van der Waals surface area contributed by atoms with Gasteiger partial charge >= 0.3 is 5.69 Å². The first-order chi connectivity index (χ1) is 11.3. The van der Waals surface area contributed by atoms with Crippen LogP contribution in [0.4, 0.5) is 0 Å². The summed E-state index contributed by atoms with van der Waals surface area (Å²) in [6, 6.07) is 1.04. The fourth-order valence-corrected chi connectivity index (χ4v) is 4.16. The molecule has 1 fully saturated rings. The molecule has 2 aromatic heterocycles. The van der Waals surface area contributed by atoms with Gasteiger partial charge in [-0.15, -0.1) is 12.4 Å². The molecule has 0 bridgehead atoms. The van der Waals surface area contributed by atoms with Crippen LogP contribution in [-0.4, -0.2) is 41.6 Å². The lowest BCUT2D eigenvalue weighted by atomic mass is 10.0. The van der Waals surface area contributed by atoms with Gasteiger partial charge < -0.3 is 5.32 Å². The second-order valence-electron chi connectivity index (χ2n) is 5.97. The van der Waals surface area contributed by atoms with E-state index in [4.69, 9.17) is 0 Å². The Hall–Kier alpha value is -1.75. The number of pyridine rings is 1. The van der Waals surface area contributed by atoms with Crippen LogP contribution in [0.15, 0.2) is 26.7 Å². The van der Waals surface area contributed by atoms with E-state index < -0.39 is 21.3 Å². The van der Waals surface area contributed by atoms with Crippen LogP contribution in [0.3, 0.4) is 0 Å². The van der Waals surface area contributed by atoms with Gasteiger partial charge in [-0.25, -0.2) is 22.9 Å². The van der Waals surface area contributed by atoms with Gasteiger partial charge in [0.25, 0.3) is 5.56 Å². The number of hydrogen-bond acceptors (Lipinski definition) is 6. The number of halogens is 1. The fourth-order valence-electron chi connectivity index (χ4n) is 2.84. The Bertz CT molecular complexity index is 1000. The summed E-state index contributed by atoms with van der Waals surface area (Å²) >= 11 is 0. The lowest BCUT2D eigenvalue weighted by molar-refractivity contribution is 0.349. The lowest BCUT2D eigenvalue weighted by Gasteiger charge is -2.30. The van der Waals surface area contributed by atoms with Crippen LogP contribution in [0, 0.1) is 0 Å². The molecule has 2 unspecified atom stereocenters. The fraction of sp³-hybridized carbons (Fsp3) is 0.500. The molecule has 1 saturated heterocycles. The van der Waals surface area contributed by atoms with Crippen LogP contribution in [0.1, 0.15) is 19.8 Å². The summed E-state index contributed by atoms with van der Waals surface area (Å²) < 4.78 is 29.0. The van der Waals surface area contributed by atoms with Crippen molar-refractivity contribution >= 4 is 33.5 Å². The largest absolute Gasteiger partial charge is 0.329 e. The van der Waals surface area contributed by atoms with E-state index in [0.29, 0.717) is 0 Å². The Morgan fingerprint density at radius 1 is 1.36 bits per heavy atom. The number of H-pyrrole nitrogens is 1. The quantitative estimate of drug-likeness (QED) is 0.647. The molecular weight excluding hydrogens is 370 g/mol. The van der Waals surface area contributed by atoms with Gasteiger partial charge in [-0.2, -0.15) is 0 Å². The van der Waals surface area contributed by atoms with Crippen molar-refractivity contribution in [3.8, 4) is 0 Å². The molecule has 3 rings (SSSR count). The maximum absolute atomic E-state index is 12.6. The zero-order chi connectivity index (χ0) is 17.5. The van der Waals surface area contributed by atoms with Gasteiger partial charge in [0.05, 0.1) is 5.39 Å². The minimum atomic E-state index is -3.82. The number of nitrogens with one attached hydrogen (secondary N) is 3. The normalized spacial score (nSPS) is 21.0. The van der Waals surface area contributed by atoms with E-state index in [9.17, 15) is 18.0 Å². The summed E-state index contributed by atoms with van der Waals surface area (Å²) in [5.74, 6) is 0. The average Bonchev–Trinajstić information content (AvgIpc) is 2.54. The van der Waals surface area contributed by atoms with Crippen molar-refractivity contribution in [1.29, 1.82) is 0 Å². The molecule has 9 nitrogen and oxygen atoms in total. The molecule has 2 aromatic rings. The summed E-state index contributed by atoms with van der Waals surface area (Å²) in [7, 11) is -2.36. The van der Waals surface area contributed by atoms with Crippen LogP contribution in [-0.2, 0) is 17.1 Å². The lowest BCUT2D eigenvalue weighted by Crippen LogP contribution is -2.51. The van der Waals surface area contributed by atoms with Crippen molar-refractivity contribution in [2.45, 2.75) is 36.7 Å². The summed E-state index contributed by atoms with van der Waals surface area (Å²) in [4.78, 5) is 29.5. The molecule has 3 heterocycles. The summed E-state index contributed by atoms with van der Waals surface area (Å²) in [5, 5.41) is 3.27. The maximum Gasteiger partial charge on any atom is 0.329 e. The Balaban J connectivity index is 0.00000225. The minimum absolute atomic E-state index is 0. The summed E-state index contributed by atoms with van der Waals surface area (Å²) in [6.07, 6.45) is 2.78. The third-order valence-electron chi connectivity index (χ3n) is 4.31. The second-order valence-corrected chi connectivity index (χ2v) is 7.69. The van der Waals surface area contributed by atoms with Crippen molar-refractivity contribution in [1.82, 2.24) is 24.6 Å². The average molecular weight is 390 g/mol. The smallest absolute Gasteiger partial charge is 0.313 e. The molecule has 11 heteroatoms. The van der Waals surface area contributed by atoms with Gasteiger partial charge in [0.15, 0.2) is 0 Å². The zero-order valence-electron chi connectivity index (χ0n) is 13.8. The first-order valence-electron chi connectivity index (χ1n) is 7.64. The number of hydrogen-bond donors (Lipinski definition) is 3. The van der Waals surface area contributed by atoms with Crippen molar-refractivity contribution in [3.63, 3.8) is 0 Å². The summed E-state index contributed by atoms with van der Waals surface area (Å²) in [6.45, 7) is 2.78. The molecule has 1 aliphatic rings. The zero-order valence-corrected chi connectivity index (χ0v) is 15.4. The van der Waals surface area contributed by atoms with Gasteiger partial charge in [-0.3, -0.25) is 14.3 Å². The summed E-state index contributed by atoms with van der Waals surface area (Å²) in [5.41, 5.74) is -1.13. The predicted octanol–water partition coefficient (Wildman–Crippen LogP) is -0.538. The Morgan fingerprint density at radius 3 is 2.76 bits per heavy atom. The van der Waals surface area contributed by atoms with Gasteiger partial charge in [0.1, 0.15) is 10.5 Å². The maximum atomic E-state index is 12.6. The number of fused-ring (bicyclic) bond motifs is 1. The number of aromatic amines is 1. The van der Waals surface area contributed by atoms with Crippen LogP contribution in [0.2, 0.25) is 0 Å². The van der Waals surface area contributed by atoms with E-state index in [1.165, 1.54) is 13.1 Å². The number of piperidine rings is 1. The molecule has 0 amide bonds. The standard InChI is InChI=1S/C14H19N5O4S.ClH/c1-8-11(4-3-5-15-8)18-24(22,23)9-6-10-12(16-7-9)19(2)14(21)17-13(10)20;/h6-8,11,15,18H,3-5H2,1-2H3,(H,17,20,21);1H. The van der Waals surface area contributed by atoms with Gasteiger partial charge in [-0.1, -0.05) is 0 Å². The molecule has 0 saturated carbocycles. The third kappa shape index (κ3) is 3.76. The van der Waals surface area contributed by atoms with E-state index >= 15 is 0 Å². The highest BCUT2D eigenvalue weighted by atomic mass is 35.5. The highest BCUT2D eigenvalue weighted by Crippen LogP contribution is 2.16. The molecule has 0 spiro atoms. The van der Waals surface area contributed by atoms with E-state index in [-0.39, 0.29) is 40.4 Å². The molecule has 3 N–H and O–H groups in total. The first kappa shape index (κ1) is 19.6. The number of aryl methyl sites for hydroxylation is 1. The monoisotopic (exact) mass is 389 g/mol. The van der Waals surface area contributed by atoms with E-state index in [0.717, 1.165) is 30.2 Å². The van der Waals surface area contributed by atoms with Crippen LogP contribution >= 0.6 is 12.4 Å². The molecular formula is C14H20ClN5O4S. The van der Waals surface area contributed by atoms with Crippen molar-refractivity contribution in [2.75, 3.05) is 6.54 Å². The molecule has 0 radical (unpaired) electrons. The van der Waals surface area contributed by atoms with E-state index in [1.807, 2.05) is 6.92 Å². The molecule has 138 valence electrons. The third-order valence-corrected chi connectivity index (χ3v) is 5.76. The highest BCUT2D eigenvalue weighted by Gasteiger charge is 2.27. The van der Waals surface area contributed by atoms with E-state index in [1.54, 1.807) is 0 Å². The second kappa shape index (κ2) is 7.24. The van der Waals surface area contributed by atoms with E-state index in [2.05, 4.69) is 20.0 Å². The van der Waals surface area contributed by atoms with Gasteiger partial charge in [-0.05, 0) is 32.4 Å². The first-order valence-corrected chi connectivity index (χ1v) is 9.13. The highest BCUT2D eigenvalue weighted by molar-refractivity contribution is 7.89. The van der Waals surface area contributed by atoms with Crippen LogP contribution in [0.5, 0.6) is 0 Å². The van der Waals surface area contributed by atoms with Crippen molar-refractivity contribution < 1.29 is 8.42 Å². The molecule has 2 atom stereocenters. The topological polar surface area (TPSA) is 126 Å². The molecule has 0 aromatic carbocycles. The van der Waals surface area contributed by atoms with Crippen molar-refractivity contribution in [3.05, 3.63) is 33.1 Å². The van der Waals surface area contributed by atoms with Crippen molar-refractivity contribution in [2.24, 2.45) is 7.05 Å². The van der Waals surface area contributed by atoms with Gasteiger partial charge in [0.2, 0.25) is 10.0 Å². The molecule has 1 aliphatic heterocycles. The SMILES string of the molecule is CC1NCCCC1NS(=O)(=O)c1cnc2c(c1)c(=O)[nH]c(=O)n2C.Cl. The molecule has 25 heavy (non-hydrogen) atoms. The van der Waals surface area contributed by atoms with Crippen LogP contribution in [0.25, 0.3) is 11.0 Å². The number of sulfonamides is 1. The number of nitrogens with zero attached hydrogens (tertiary/aromatic N) is 2. The number of aromatic nitrogens is 3. The molecule has 0 aliphatic carbocycles. The Labute approximate surface area is 150 Å². The Morgan fingerprint density at radius 2 is 2.08 bits per heavy atom.